The topological polar surface area (TPSA) is 80.2 Å². The van der Waals surface area contributed by atoms with Crippen molar-refractivity contribution in [3.05, 3.63) is 53.1 Å². The molecule has 2 aromatic rings. The molecule has 25 heavy (non-hydrogen) atoms. The van der Waals surface area contributed by atoms with E-state index in [0.29, 0.717) is 23.7 Å². The summed E-state index contributed by atoms with van der Waals surface area (Å²) >= 11 is 0. The molecule has 0 aliphatic heterocycles. The minimum absolute atomic E-state index is 0.0601. The fourth-order valence-corrected chi connectivity index (χ4v) is 2.12. The Morgan fingerprint density at radius 3 is 2.76 bits per heavy atom. The van der Waals surface area contributed by atoms with E-state index in [1.165, 1.54) is 12.3 Å². The molecule has 0 heterocycles. The van der Waals surface area contributed by atoms with Gasteiger partial charge < -0.3 is 14.6 Å². The summed E-state index contributed by atoms with van der Waals surface area (Å²) in [5.41, 5.74) is 5.21. The monoisotopic (exact) mass is 342 g/mol. The molecule has 0 saturated heterocycles. The molecule has 0 aliphatic carbocycles. The van der Waals surface area contributed by atoms with Crippen molar-refractivity contribution in [3.63, 3.8) is 0 Å². The number of rotatable bonds is 7. The molecule has 2 rings (SSSR count). The van der Waals surface area contributed by atoms with Gasteiger partial charge in [0.25, 0.3) is 5.91 Å². The second-order valence-corrected chi connectivity index (χ2v) is 5.44. The van der Waals surface area contributed by atoms with Gasteiger partial charge in [0.2, 0.25) is 0 Å². The number of carbonyl (C=O) groups excluding carboxylic acids is 1. The summed E-state index contributed by atoms with van der Waals surface area (Å²) in [6.07, 6.45) is 1.47. The molecule has 0 radical (unpaired) electrons. The van der Waals surface area contributed by atoms with Crippen LogP contribution in [0.5, 0.6) is 17.2 Å². The summed E-state index contributed by atoms with van der Waals surface area (Å²) in [7, 11) is 0. The SMILES string of the molecule is CCOc1cc(/C=N/NC(=O)COc2cccc(C)c2C)ccc1O. The Kier molecular flexibility index (Phi) is 6.39. The maximum Gasteiger partial charge on any atom is 0.277 e. The molecular formula is C19H22N2O4. The smallest absolute Gasteiger partial charge is 0.277 e. The van der Waals surface area contributed by atoms with E-state index in [2.05, 4.69) is 10.5 Å². The molecule has 0 atom stereocenters. The van der Waals surface area contributed by atoms with Gasteiger partial charge in [-0.1, -0.05) is 12.1 Å². The fourth-order valence-electron chi connectivity index (χ4n) is 2.12. The molecule has 0 aromatic heterocycles. The van der Waals surface area contributed by atoms with Gasteiger partial charge in [0.05, 0.1) is 12.8 Å². The van der Waals surface area contributed by atoms with E-state index in [4.69, 9.17) is 9.47 Å². The van der Waals surface area contributed by atoms with Crippen molar-refractivity contribution in [2.24, 2.45) is 5.10 Å². The Labute approximate surface area is 147 Å². The Morgan fingerprint density at radius 2 is 2.00 bits per heavy atom. The predicted molar refractivity (Wildman–Crippen MR) is 96.4 cm³/mol. The molecule has 6 nitrogen and oxygen atoms in total. The van der Waals surface area contributed by atoms with E-state index in [-0.39, 0.29) is 18.3 Å². The number of benzene rings is 2. The normalized spacial score (nSPS) is 10.7. The molecule has 0 aliphatic rings. The highest BCUT2D eigenvalue weighted by Crippen LogP contribution is 2.26. The lowest BCUT2D eigenvalue weighted by molar-refractivity contribution is -0.123. The third-order valence-electron chi connectivity index (χ3n) is 3.60. The molecule has 2 N–H and O–H groups in total. The largest absolute Gasteiger partial charge is 0.504 e. The van der Waals surface area contributed by atoms with E-state index < -0.39 is 0 Å². The Morgan fingerprint density at radius 1 is 1.20 bits per heavy atom. The lowest BCUT2D eigenvalue weighted by Gasteiger charge is -2.09. The lowest BCUT2D eigenvalue weighted by Crippen LogP contribution is -2.24. The molecule has 132 valence electrons. The third kappa shape index (κ3) is 5.24. The molecule has 6 heteroatoms. The van der Waals surface area contributed by atoms with Crippen LogP contribution in [0.2, 0.25) is 0 Å². The summed E-state index contributed by atoms with van der Waals surface area (Å²) in [4.78, 5) is 11.8. The van der Waals surface area contributed by atoms with Crippen molar-refractivity contribution in [3.8, 4) is 17.2 Å². The molecule has 1 amide bonds. The number of aromatic hydroxyl groups is 1. The van der Waals surface area contributed by atoms with Crippen LogP contribution in [0.25, 0.3) is 0 Å². The van der Waals surface area contributed by atoms with Crippen molar-refractivity contribution < 1.29 is 19.4 Å². The zero-order valence-corrected chi connectivity index (χ0v) is 14.6. The van der Waals surface area contributed by atoms with Crippen molar-refractivity contribution >= 4 is 12.1 Å². The number of hydrazone groups is 1. The highest BCUT2D eigenvalue weighted by atomic mass is 16.5. The highest BCUT2D eigenvalue weighted by molar-refractivity contribution is 5.83. The maximum absolute atomic E-state index is 11.8. The average molecular weight is 342 g/mol. The minimum Gasteiger partial charge on any atom is -0.504 e. The van der Waals surface area contributed by atoms with Gasteiger partial charge in [-0.2, -0.15) is 5.10 Å². The lowest BCUT2D eigenvalue weighted by atomic mass is 10.1. The number of hydrogen-bond donors (Lipinski definition) is 2. The van der Waals surface area contributed by atoms with E-state index in [1.807, 2.05) is 39.0 Å². The molecule has 0 bridgehead atoms. The van der Waals surface area contributed by atoms with Crippen molar-refractivity contribution in [1.29, 1.82) is 0 Å². The van der Waals surface area contributed by atoms with E-state index in [9.17, 15) is 9.90 Å². The third-order valence-corrected chi connectivity index (χ3v) is 3.60. The zero-order valence-electron chi connectivity index (χ0n) is 14.6. The van der Waals surface area contributed by atoms with Gasteiger partial charge in [-0.25, -0.2) is 5.43 Å². The van der Waals surface area contributed by atoms with Crippen LogP contribution in [-0.4, -0.2) is 30.4 Å². The number of phenols is 1. The molecule has 0 saturated carbocycles. The maximum atomic E-state index is 11.8. The summed E-state index contributed by atoms with van der Waals surface area (Å²) in [6.45, 7) is 6.08. The minimum atomic E-state index is -0.360. The summed E-state index contributed by atoms with van der Waals surface area (Å²) in [5.74, 6) is 0.751. The van der Waals surface area contributed by atoms with Gasteiger partial charge in [0, 0.05) is 0 Å². The molecule has 0 unspecified atom stereocenters. The number of carbonyl (C=O) groups is 1. The fraction of sp³-hybridized carbons (Fsp3) is 0.263. The zero-order chi connectivity index (χ0) is 18.2. The number of hydrogen-bond acceptors (Lipinski definition) is 5. The van der Waals surface area contributed by atoms with Crippen LogP contribution in [0, 0.1) is 13.8 Å². The van der Waals surface area contributed by atoms with Crippen LogP contribution in [0.15, 0.2) is 41.5 Å². The second kappa shape index (κ2) is 8.73. The first-order valence-corrected chi connectivity index (χ1v) is 7.98. The molecule has 0 spiro atoms. The van der Waals surface area contributed by atoms with E-state index in [1.54, 1.807) is 12.1 Å². The van der Waals surface area contributed by atoms with Crippen LogP contribution < -0.4 is 14.9 Å². The first kappa shape index (κ1) is 18.3. The summed E-state index contributed by atoms with van der Waals surface area (Å²) in [5, 5.41) is 13.5. The quantitative estimate of drug-likeness (QED) is 0.599. The van der Waals surface area contributed by atoms with Crippen LogP contribution in [0.1, 0.15) is 23.6 Å². The predicted octanol–water partition coefficient (Wildman–Crippen LogP) is 2.94. The highest BCUT2D eigenvalue weighted by Gasteiger charge is 2.06. The number of nitrogens with one attached hydrogen (secondary N) is 1. The Bertz CT molecular complexity index is 772. The molecule has 0 fully saturated rings. The van der Waals surface area contributed by atoms with Crippen LogP contribution >= 0.6 is 0 Å². The Balaban J connectivity index is 1.88. The summed E-state index contributed by atoms with van der Waals surface area (Å²) < 4.78 is 10.8. The first-order chi connectivity index (χ1) is 12.0. The number of phenolic OH excluding ortho intramolecular Hbond substituents is 1. The number of amides is 1. The number of nitrogens with zero attached hydrogens (tertiary/aromatic N) is 1. The summed E-state index contributed by atoms with van der Waals surface area (Å²) in [6, 6.07) is 10.5. The van der Waals surface area contributed by atoms with Crippen LogP contribution in [-0.2, 0) is 4.79 Å². The number of aryl methyl sites for hydroxylation is 1. The van der Waals surface area contributed by atoms with Crippen LogP contribution in [0.4, 0.5) is 0 Å². The van der Waals surface area contributed by atoms with Gasteiger partial charge in [-0.05, 0) is 61.7 Å². The van der Waals surface area contributed by atoms with Gasteiger partial charge in [-0.3, -0.25) is 4.79 Å². The van der Waals surface area contributed by atoms with Crippen molar-refractivity contribution in [1.82, 2.24) is 5.43 Å². The standard InChI is InChI=1S/C19H22N2O4/c1-4-24-18-10-15(8-9-16(18)22)11-20-21-19(23)12-25-17-7-5-6-13(2)14(17)3/h5-11,22H,4,12H2,1-3H3,(H,21,23)/b20-11+. The van der Waals surface area contributed by atoms with Gasteiger partial charge >= 0.3 is 0 Å². The Hall–Kier alpha value is -3.02. The van der Waals surface area contributed by atoms with Gasteiger partial charge in [0.15, 0.2) is 18.1 Å². The van der Waals surface area contributed by atoms with E-state index >= 15 is 0 Å². The molecular weight excluding hydrogens is 320 g/mol. The average Bonchev–Trinajstić information content (AvgIpc) is 2.59. The van der Waals surface area contributed by atoms with Crippen molar-refractivity contribution in [2.45, 2.75) is 20.8 Å². The second-order valence-electron chi connectivity index (χ2n) is 5.44. The van der Waals surface area contributed by atoms with Gasteiger partial charge in [0.1, 0.15) is 5.75 Å². The number of ether oxygens (including phenoxy) is 2. The molecule has 2 aromatic carbocycles. The van der Waals surface area contributed by atoms with Gasteiger partial charge in [-0.15, -0.1) is 0 Å². The van der Waals surface area contributed by atoms with E-state index in [0.717, 1.165) is 11.1 Å². The van der Waals surface area contributed by atoms with Crippen molar-refractivity contribution in [2.75, 3.05) is 13.2 Å². The first-order valence-electron chi connectivity index (χ1n) is 7.98. The van der Waals surface area contributed by atoms with Crippen LogP contribution in [0.3, 0.4) is 0 Å².